The molecule has 2 N–H and O–H groups in total. The minimum Gasteiger partial charge on any atom is -0.325 e. The number of nitrogens with one attached hydrogen (secondary N) is 2. The Labute approximate surface area is 166 Å². The van der Waals surface area contributed by atoms with Crippen LogP contribution in [0.2, 0.25) is 0 Å². The summed E-state index contributed by atoms with van der Waals surface area (Å²) in [6.07, 6.45) is 2.45. The maximum atomic E-state index is 12.8. The molecule has 0 unspecified atom stereocenters. The van der Waals surface area contributed by atoms with E-state index in [1.165, 1.54) is 36.3 Å². The van der Waals surface area contributed by atoms with Gasteiger partial charge in [0.1, 0.15) is 0 Å². The summed E-state index contributed by atoms with van der Waals surface area (Å²) in [7, 11) is -2.19. The van der Waals surface area contributed by atoms with Crippen LogP contribution in [0.3, 0.4) is 0 Å². The van der Waals surface area contributed by atoms with Gasteiger partial charge in [-0.2, -0.15) is 0 Å². The van der Waals surface area contributed by atoms with Crippen molar-refractivity contribution in [2.75, 3.05) is 29.8 Å². The number of para-hydroxylation sites is 1. The first kappa shape index (κ1) is 21.2. The summed E-state index contributed by atoms with van der Waals surface area (Å²) in [5.41, 5.74) is 1.04. The van der Waals surface area contributed by atoms with Crippen molar-refractivity contribution in [3.63, 3.8) is 0 Å². The van der Waals surface area contributed by atoms with Crippen molar-refractivity contribution in [3.05, 3.63) is 54.6 Å². The van der Waals surface area contributed by atoms with Gasteiger partial charge in [-0.3, -0.25) is 9.10 Å². The zero-order valence-electron chi connectivity index (χ0n) is 15.1. The standard InChI is InChI=1S/C19H23N3O3S.ClH/c1-22(17-7-3-2-4-8-17)26(24,25)18-9-5-6-16(12-18)21-19(23)14-20-13-15-10-11-15;/h2-9,12,15,20H,10-11,13-14H2,1H3,(H,21,23);1H. The van der Waals surface area contributed by atoms with Crippen LogP contribution in [0.4, 0.5) is 11.4 Å². The van der Waals surface area contributed by atoms with E-state index >= 15 is 0 Å². The molecule has 0 heterocycles. The van der Waals surface area contributed by atoms with Crippen molar-refractivity contribution in [1.29, 1.82) is 0 Å². The number of hydrogen-bond acceptors (Lipinski definition) is 4. The van der Waals surface area contributed by atoms with Gasteiger partial charge in [-0.25, -0.2) is 8.42 Å². The second kappa shape index (κ2) is 9.21. The van der Waals surface area contributed by atoms with Gasteiger partial charge in [0, 0.05) is 12.7 Å². The molecule has 3 rings (SSSR count). The Hall–Kier alpha value is -2.09. The number of carbonyl (C=O) groups excluding carboxylic acids is 1. The van der Waals surface area contributed by atoms with E-state index in [4.69, 9.17) is 0 Å². The molecule has 0 radical (unpaired) electrons. The van der Waals surface area contributed by atoms with Crippen molar-refractivity contribution < 1.29 is 13.2 Å². The van der Waals surface area contributed by atoms with E-state index in [1.807, 2.05) is 6.07 Å². The van der Waals surface area contributed by atoms with E-state index in [9.17, 15) is 13.2 Å². The minimum atomic E-state index is -3.70. The molecular formula is C19H24ClN3O3S. The van der Waals surface area contributed by atoms with Gasteiger partial charge in [-0.1, -0.05) is 24.3 Å². The highest BCUT2D eigenvalue weighted by atomic mass is 35.5. The fourth-order valence-electron chi connectivity index (χ4n) is 2.59. The van der Waals surface area contributed by atoms with E-state index in [1.54, 1.807) is 36.4 Å². The first-order valence-corrected chi connectivity index (χ1v) is 10.1. The smallest absolute Gasteiger partial charge is 0.264 e. The topological polar surface area (TPSA) is 78.5 Å². The highest BCUT2D eigenvalue weighted by Gasteiger charge is 2.22. The zero-order valence-corrected chi connectivity index (χ0v) is 16.7. The second-order valence-electron chi connectivity index (χ2n) is 6.46. The number of carbonyl (C=O) groups is 1. The van der Waals surface area contributed by atoms with Gasteiger partial charge in [0.05, 0.1) is 17.1 Å². The molecule has 1 fully saturated rings. The van der Waals surface area contributed by atoms with E-state index in [2.05, 4.69) is 10.6 Å². The first-order valence-electron chi connectivity index (χ1n) is 8.61. The van der Waals surface area contributed by atoms with Crippen LogP contribution in [-0.4, -0.2) is 34.5 Å². The SMILES string of the molecule is CN(c1ccccc1)S(=O)(=O)c1cccc(NC(=O)CNCC2CC2)c1.Cl. The molecule has 2 aromatic carbocycles. The van der Waals surface area contributed by atoms with Crippen LogP contribution in [0, 0.1) is 5.92 Å². The summed E-state index contributed by atoms with van der Waals surface area (Å²) in [5, 5.41) is 5.86. The normalized spacial score (nSPS) is 13.5. The van der Waals surface area contributed by atoms with E-state index in [0.29, 0.717) is 17.3 Å². The molecule has 0 spiro atoms. The third kappa shape index (κ3) is 5.69. The molecule has 0 bridgehead atoms. The van der Waals surface area contributed by atoms with Gasteiger partial charge in [0.2, 0.25) is 5.91 Å². The molecule has 0 aliphatic heterocycles. The third-order valence-corrected chi connectivity index (χ3v) is 6.09. The van der Waals surface area contributed by atoms with Crippen LogP contribution in [0.15, 0.2) is 59.5 Å². The molecule has 0 aromatic heterocycles. The van der Waals surface area contributed by atoms with Crippen LogP contribution >= 0.6 is 12.4 Å². The minimum absolute atomic E-state index is 0. The fourth-order valence-corrected chi connectivity index (χ4v) is 3.83. The molecule has 27 heavy (non-hydrogen) atoms. The number of benzene rings is 2. The lowest BCUT2D eigenvalue weighted by Gasteiger charge is -2.20. The molecule has 0 saturated heterocycles. The Balaban J connectivity index is 0.00000261. The largest absolute Gasteiger partial charge is 0.325 e. The Morgan fingerprint density at radius 3 is 2.48 bits per heavy atom. The van der Waals surface area contributed by atoms with E-state index in [0.717, 1.165) is 6.54 Å². The monoisotopic (exact) mass is 409 g/mol. The van der Waals surface area contributed by atoms with Crippen molar-refractivity contribution in [1.82, 2.24) is 5.32 Å². The van der Waals surface area contributed by atoms with E-state index in [-0.39, 0.29) is 29.8 Å². The van der Waals surface area contributed by atoms with Gasteiger partial charge in [0.25, 0.3) is 10.0 Å². The molecule has 146 valence electrons. The van der Waals surface area contributed by atoms with Gasteiger partial charge >= 0.3 is 0 Å². The van der Waals surface area contributed by atoms with Gasteiger partial charge in [0.15, 0.2) is 0 Å². The Kier molecular flexibility index (Phi) is 7.24. The zero-order chi connectivity index (χ0) is 18.6. The lowest BCUT2D eigenvalue weighted by molar-refractivity contribution is -0.115. The predicted molar refractivity (Wildman–Crippen MR) is 110 cm³/mol. The predicted octanol–water partition coefficient (Wildman–Crippen LogP) is 2.87. The highest BCUT2D eigenvalue weighted by Crippen LogP contribution is 2.27. The number of nitrogens with zero attached hydrogens (tertiary/aromatic N) is 1. The summed E-state index contributed by atoms with van der Waals surface area (Å²) >= 11 is 0. The molecule has 1 saturated carbocycles. The average Bonchev–Trinajstić information content (AvgIpc) is 3.46. The van der Waals surface area contributed by atoms with Gasteiger partial charge in [-0.15, -0.1) is 12.4 Å². The molecule has 1 aliphatic rings. The van der Waals surface area contributed by atoms with Crippen molar-refractivity contribution in [2.24, 2.45) is 5.92 Å². The first-order chi connectivity index (χ1) is 12.5. The van der Waals surface area contributed by atoms with Crippen LogP contribution < -0.4 is 14.9 Å². The van der Waals surface area contributed by atoms with Gasteiger partial charge in [-0.05, 0) is 55.6 Å². The number of anilines is 2. The molecule has 6 nitrogen and oxygen atoms in total. The number of rotatable bonds is 8. The van der Waals surface area contributed by atoms with Gasteiger partial charge < -0.3 is 10.6 Å². The third-order valence-electron chi connectivity index (χ3n) is 4.31. The number of amides is 1. The molecule has 8 heteroatoms. The number of sulfonamides is 1. The summed E-state index contributed by atoms with van der Waals surface area (Å²) < 4.78 is 26.9. The molecule has 2 aromatic rings. The lowest BCUT2D eigenvalue weighted by Crippen LogP contribution is -2.29. The summed E-state index contributed by atoms with van der Waals surface area (Å²) in [5.74, 6) is 0.515. The van der Waals surface area contributed by atoms with Crippen molar-refractivity contribution >= 4 is 39.7 Å². The molecular weight excluding hydrogens is 386 g/mol. The Morgan fingerprint density at radius 2 is 1.81 bits per heavy atom. The lowest BCUT2D eigenvalue weighted by atomic mass is 10.3. The van der Waals surface area contributed by atoms with E-state index < -0.39 is 10.0 Å². The second-order valence-corrected chi connectivity index (χ2v) is 8.43. The quantitative estimate of drug-likeness (QED) is 0.702. The van der Waals surface area contributed by atoms with Crippen LogP contribution in [0.1, 0.15) is 12.8 Å². The van der Waals surface area contributed by atoms with Crippen LogP contribution in [-0.2, 0) is 14.8 Å². The van der Waals surface area contributed by atoms with Crippen LogP contribution in [0.5, 0.6) is 0 Å². The Morgan fingerprint density at radius 1 is 1.11 bits per heavy atom. The maximum Gasteiger partial charge on any atom is 0.264 e. The molecule has 1 amide bonds. The number of halogens is 1. The summed E-state index contributed by atoms with van der Waals surface area (Å²) in [6.45, 7) is 1.07. The summed E-state index contributed by atoms with van der Waals surface area (Å²) in [4.78, 5) is 12.1. The molecule has 0 atom stereocenters. The Bertz CT molecular complexity index is 871. The summed E-state index contributed by atoms with van der Waals surface area (Å²) in [6, 6.07) is 15.2. The molecule has 1 aliphatic carbocycles. The van der Waals surface area contributed by atoms with Crippen molar-refractivity contribution in [2.45, 2.75) is 17.7 Å². The average molecular weight is 410 g/mol. The maximum absolute atomic E-state index is 12.8. The van der Waals surface area contributed by atoms with Crippen molar-refractivity contribution in [3.8, 4) is 0 Å². The van der Waals surface area contributed by atoms with Crippen LogP contribution in [0.25, 0.3) is 0 Å². The highest BCUT2D eigenvalue weighted by molar-refractivity contribution is 7.92. The fraction of sp³-hybridized carbons (Fsp3) is 0.316. The number of hydrogen-bond donors (Lipinski definition) is 2.